The largest absolute Gasteiger partial charge is 0.377 e. The Labute approximate surface area is 86.5 Å². The first-order valence-electron chi connectivity index (χ1n) is 3.82. The molecule has 0 aliphatic carbocycles. The molecular weight excluding hydrogens is 198 g/mol. The smallest absolute Gasteiger partial charge is 0.174 e. The van der Waals surface area contributed by atoms with Gasteiger partial charge in [-0.3, -0.25) is 15.1 Å². The zero-order valence-electron chi connectivity index (χ0n) is 7.77. The summed E-state index contributed by atoms with van der Waals surface area (Å²) in [5, 5.41) is 5.45. The average Bonchev–Trinajstić information content (AvgIpc) is 2.18. The summed E-state index contributed by atoms with van der Waals surface area (Å²) in [6, 6.07) is 0. The minimum atomic E-state index is 0.248. The third kappa shape index (κ3) is 2.82. The summed E-state index contributed by atoms with van der Waals surface area (Å²) in [4.78, 5) is 12.1. The van der Waals surface area contributed by atoms with E-state index in [0.29, 0.717) is 11.4 Å². The van der Waals surface area contributed by atoms with Crippen LogP contribution in [0, 0.1) is 6.92 Å². The number of hydrogen-bond donors (Lipinski definition) is 2. The zero-order chi connectivity index (χ0) is 10.6. The van der Waals surface area contributed by atoms with Gasteiger partial charge in [0, 0.05) is 6.20 Å². The Morgan fingerprint density at radius 2 is 2.21 bits per heavy atom. The van der Waals surface area contributed by atoms with Crippen LogP contribution in [0.3, 0.4) is 0 Å². The maximum atomic E-state index is 5.42. The zero-order valence-corrected chi connectivity index (χ0v) is 8.58. The predicted molar refractivity (Wildman–Crippen MR) is 59.2 cm³/mol. The fourth-order valence-corrected chi connectivity index (χ4v) is 0.921. The Morgan fingerprint density at radius 3 is 2.71 bits per heavy atom. The summed E-state index contributed by atoms with van der Waals surface area (Å²) in [6.07, 6.45) is 3.23. The van der Waals surface area contributed by atoms with Gasteiger partial charge in [-0.15, -0.1) is 0 Å². The van der Waals surface area contributed by atoms with Crippen molar-refractivity contribution in [2.45, 2.75) is 6.92 Å². The summed E-state index contributed by atoms with van der Waals surface area (Å²) in [7, 11) is 0. The SMILES string of the molecule is C=C(/N=C(/N)SN)c1cnc(C)cn1. The Morgan fingerprint density at radius 1 is 1.50 bits per heavy atom. The molecule has 14 heavy (non-hydrogen) atoms. The Bertz CT molecular complexity index is 356. The van der Waals surface area contributed by atoms with Crippen LogP contribution < -0.4 is 10.9 Å². The number of amidine groups is 1. The highest BCUT2D eigenvalue weighted by molar-refractivity contribution is 8.11. The third-order valence-corrected chi connectivity index (χ3v) is 1.78. The van der Waals surface area contributed by atoms with Crippen LogP contribution in [0.2, 0.25) is 0 Å². The van der Waals surface area contributed by atoms with E-state index in [0.717, 1.165) is 17.6 Å². The predicted octanol–water partition coefficient (Wildman–Crippen LogP) is 0.677. The van der Waals surface area contributed by atoms with Gasteiger partial charge in [0.05, 0.1) is 17.6 Å². The molecule has 1 aromatic heterocycles. The highest BCUT2D eigenvalue weighted by Gasteiger charge is 2.00. The van der Waals surface area contributed by atoms with Crippen LogP contribution in [-0.2, 0) is 0 Å². The number of nitrogens with two attached hydrogens (primary N) is 2. The molecule has 0 bridgehead atoms. The van der Waals surface area contributed by atoms with Crippen molar-refractivity contribution < 1.29 is 0 Å². The van der Waals surface area contributed by atoms with Gasteiger partial charge in [-0.1, -0.05) is 6.58 Å². The first-order chi connectivity index (χ1) is 6.63. The van der Waals surface area contributed by atoms with Crippen molar-refractivity contribution in [2.24, 2.45) is 15.9 Å². The molecule has 1 aromatic rings. The van der Waals surface area contributed by atoms with Crippen molar-refractivity contribution in [3.63, 3.8) is 0 Å². The van der Waals surface area contributed by atoms with E-state index in [1.807, 2.05) is 6.92 Å². The van der Waals surface area contributed by atoms with E-state index in [-0.39, 0.29) is 5.17 Å². The lowest BCUT2D eigenvalue weighted by atomic mass is 10.3. The fraction of sp³-hybridized carbons (Fsp3) is 0.125. The maximum Gasteiger partial charge on any atom is 0.174 e. The van der Waals surface area contributed by atoms with Gasteiger partial charge in [-0.25, -0.2) is 4.99 Å². The lowest BCUT2D eigenvalue weighted by Crippen LogP contribution is -2.09. The molecule has 5 nitrogen and oxygen atoms in total. The second kappa shape index (κ2) is 4.73. The summed E-state index contributed by atoms with van der Waals surface area (Å²) in [6.45, 7) is 5.56. The molecule has 0 amide bonds. The fourth-order valence-electron chi connectivity index (χ4n) is 0.758. The molecular formula is C8H11N5S. The molecule has 0 aliphatic heterocycles. The number of aromatic nitrogens is 2. The minimum absolute atomic E-state index is 0.248. The van der Waals surface area contributed by atoms with E-state index in [4.69, 9.17) is 10.9 Å². The minimum Gasteiger partial charge on any atom is -0.377 e. The molecule has 0 aromatic carbocycles. The van der Waals surface area contributed by atoms with Crippen molar-refractivity contribution in [2.75, 3.05) is 0 Å². The van der Waals surface area contributed by atoms with Gasteiger partial charge < -0.3 is 5.73 Å². The molecule has 1 rings (SSSR count). The molecule has 4 N–H and O–H groups in total. The van der Waals surface area contributed by atoms with Crippen LogP contribution in [0.15, 0.2) is 24.0 Å². The molecule has 0 saturated heterocycles. The third-order valence-electron chi connectivity index (χ3n) is 1.44. The standard InChI is InChI=1S/C8H11N5S/c1-5-3-12-7(4-11-5)6(2)13-8(9)14-10/h3-4H,2,10H2,1H3,(H2,9,13). The first kappa shape index (κ1) is 10.7. The van der Waals surface area contributed by atoms with E-state index in [1.54, 1.807) is 12.4 Å². The van der Waals surface area contributed by atoms with Crippen LogP contribution in [0.1, 0.15) is 11.4 Å². The average molecular weight is 209 g/mol. The van der Waals surface area contributed by atoms with Gasteiger partial charge in [0.1, 0.15) is 5.69 Å². The molecule has 0 unspecified atom stereocenters. The van der Waals surface area contributed by atoms with Crippen LogP contribution in [-0.4, -0.2) is 15.1 Å². The molecule has 0 aliphatic rings. The molecule has 0 spiro atoms. The van der Waals surface area contributed by atoms with Gasteiger partial charge in [0.2, 0.25) is 0 Å². The van der Waals surface area contributed by atoms with Gasteiger partial charge in [-0.2, -0.15) is 0 Å². The summed E-state index contributed by atoms with van der Waals surface area (Å²) in [5.74, 6) is 0. The number of hydrogen-bond acceptors (Lipinski definition) is 5. The number of aryl methyl sites for hydroxylation is 1. The van der Waals surface area contributed by atoms with Gasteiger partial charge in [0.15, 0.2) is 5.17 Å². The normalized spacial score (nSPS) is 11.4. The monoisotopic (exact) mass is 209 g/mol. The Hall–Kier alpha value is -1.40. The lowest BCUT2D eigenvalue weighted by Gasteiger charge is -2.00. The van der Waals surface area contributed by atoms with E-state index >= 15 is 0 Å². The van der Waals surface area contributed by atoms with Gasteiger partial charge in [0.25, 0.3) is 0 Å². The Balaban J connectivity index is 2.85. The Kier molecular flexibility index (Phi) is 3.61. The molecule has 0 radical (unpaired) electrons. The van der Waals surface area contributed by atoms with Crippen LogP contribution in [0.5, 0.6) is 0 Å². The highest BCUT2D eigenvalue weighted by atomic mass is 32.2. The van der Waals surface area contributed by atoms with Crippen LogP contribution >= 0.6 is 11.9 Å². The summed E-state index contributed by atoms with van der Waals surface area (Å²) < 4.78 is 0. The number of nitrogens with zero attached hydrogens (tertiary/aromatic N) is 3. The number of aliphatic imine (C=N–C) groups is 1. The number of rotatable bonds is 2. The van der Waals surface area contributed by atoms with Crippen molar-refractivity contribution >= 4 is 22.8 Å². The van der Waals surface area contributed by atoms with Crippen LogP contribution in [0.4, 0.5) is 0 Å². The molecule has 0 atom stereocenters. The van der Waals surface area contributed by atoms with E-state index in [2.05, 4.69) is 21.5 Å². The second-order valence-electron chi connectivity index (χ2n) is 2.56. The lowest BCUT2D eigenvalue weighted by molar-refractivity contribution is 1.09. The molecule has 0 fully saturated rings. The van der Waals surface area contributed by atoms with Crippen LogP contribution in [0.25, 0.3) is 5.70 Å². The second-order valence-corrected chi connectivity index (χ2v) is 3.21. The highest BCUT2D eigenvalue weighted by Crippen LogP contribution is 2.10. The van der Waals surface area contributed by atoms with E-state index < -0.39 is 0 Å². The molecule has 1 heterocycles. The first-order valence-corrected chi connectivity index (χ1v) is 4.70. The van der Waals surface area contributed by atoms with Crippen molar-refractivity contribution in [1.82, 2.24) is 9.97 Å². The van der Waals surface area contributed by atoms with Crippen molar-refractivity contribution in [3.05, 3.63) is 30.4 Å². The molecule has 0 saturated carbocycles. The summed E-state index contributed by atoms with van der Waals surface area (Å²) in [5.41, 5.74) is 7.30. The summed E-state index contributed by atoms with van der Waals surface area (Å²) >= 11 is 0.870. The topological polar surface area (TPSA) is 90.2 Å². The van der Waals surface area contributed by atoms with E-state index in [9.17, 15) is 0 Å². The molecule has 74 valence electrons. The maximum absolute atomic E-state index is 5.42. The van der Waals surface area contributed by atoms with E-state index in [1.165, 1.54) is 0 Å². The van der Waals surface area contributed by atoms with Crippen molar-refractivity contribution in [3.8, 4) is 0 Å². The van der Waals surface area contributed by atoms with Crippen molar-refractivity contribution in [1.29, 1.82) is 0 Å². The quantitative estimate of drug-likeness (QED) is 0.424. The van der Waals surface area contributed by atoms with Gasteiger partial charge in [-0.05, 0) is 18.9 Å². The molecule has 6 heteroatoms. The van der Waals surface area contributed by atoms with Gasteiger partial charge >= 0.3 is 0 Å².